The number of hydrogen-bond acceptors (Lipinski definition) is 3. The third-order valence-corrected chi connectivity index (χ3v) is 3.68. The van der Waals surface area contributed by atoms with Crippen LogP contribution < -0.4 is 4.90 Å². The first kappa shape index (κ1) is 10.8. The van der Waals surface area contributed by atoms with Gasteiger partial charge in [-0.15, -0.1) is 11.8 Å². The predicted molar refractivity (Wildman–Crippen MR) is 67.9 cm³/mol. The molecule has 1 aliphatic rings. The van der Waals surface area contributed by atoms with Crippen molar-refractivity contribution in [3.63, 3.8) is 0 Å². The van der Waals surface area contributed by atoms with Crippen molar-refractivity contribution in [2.24, 2.45) is 0 Å². The Hall–Kier alpha value is -0.670. The smallest absolute Gasteiger partial charge is 0.0505 e. The first-order valence-electron chi connectivity index (χ1n) is 5.39. The SMILES string of the molecule is CN(C)CCN1CCSc2ccccc21. The summed E-state index contributed by atoms with van der Waals surface area (Å²) in [7, 11) is 4.26. The van der Waals surface area contributed by atoms with Crippen molar-refractivity contribution in [1.29, 1.82) is 0 Å². The quantitative estimate of drug-likeness (QED) is 0.774. The summed E-state index contributed by atoms with van der Waals surface area (Å²) in [6.45, 7) is 3.43. The Morgan fingerprint density at radius 2 is 2.13 bits per heavy atom. The van der Waals surface area contributed by atoms with Crippen LogP contribution in [0.25, 0.3) is 0 Å². The van der Waals surface area contributed by atoms with Crippen LogP contribution in [0.4, 0.5) is 5.69 Å². The maximum absolute atomic E-state index is 2.49. The van der Waals surface area contributed by atoms with Gasteiger partial charge in [-0.3, -0.25) is 0 Å². The van der Waals surface area contributed by atoms with E-state index in [2.05, 4.69) is 48.2 Å². The number of hydrogen-bond donors (Lipinski definition) is 0. The van der Waals surface area contributed by atoms with E-state index in [9.17, 15) is 0 Å². The minimum Gasteiger partial charge on any atom is -0.369 e. The van der Waals surface area contributed by atoms with Crippen LogP contribution >= 0.6 is 11.8 Å². The average Bonchev–Trinajstić information content (AvgIpc) is 2.26. The molecule has 3 heteroatoms. The van der Waals surface area contributed by atoms with Gasteiger partial charge in [0.05, 0.1) is 5.69 Å². The Balaban J connectivity index is 2.08. The Labute approximate surface area is 96.3 Å². The Bertz CT molecular complexity index is 325. The minimum absolute atomic E-state index is 1.12. The van der Waals surface area contributed by atoms with Gasteiger partial charge in [-0.2, -0.15) is 0 Å². The summed E-state index contributed by atoms with van der Waals surface area (Å²) in [5.41, 5.74) is 1.41. The molecule has 2 nitrogen and oxygen atoms in total. The van der Waals surface area contributed by atoms with Gasteiger partial charge in [0.15, 0.2) is 0 Å². The van der Waals surface area contributed by atoms with Crippen LogP contribution in [0.1, 0.15) is 0 Å². The Morgan fingerprint density at radius 3 is 2.93 bits per heavy atom. The molecule has 0 saturated heterocycles. The molecule has 0 fully saturated rings. The van der Waals surface area contributed by atoms with Gasteiger partial charge in [-0.05, 0) is 26.2 Å². The molecule has 0 N–H and O–H groups in total. The van der Waals surface area contributed by atoms with Gasteiger partial charge in [0, 0.05) is 30.3 Å². The number of anilines is 1. The monoisotopic (exact) mass is 222 g/mol. The summed E-state index contributed by atoms with van der Waals surface area (Å²) in [4.78, 5) is 6.17. The normalized spacial score (nSPS) is 15.5. The molecule has 15 heavy (non-hydrogen) atoms. The van der Waals surface area contributed by atoms with E-state index in [0.29, 0.717) is 0 Å². The van der Waals surface area contributed by atoms with Gasteiger partial charge in [-0.1, -0.05) is 12.1 Å². The van der Waals surface area contributed by atoms with Crippen molar-refractivity contribution in [3.05, 3.63) is 24.3 Å². The molecule has 0 aliphatic carbocycles. The summed E-state index contributed by atoms with van der Waals surface area (Å²) in [5.74, 6) is 1.21. The topological polar surface area (TPSA) is 6.48 Å². The summed E-state index contributed by atoms with van der Waals surface area (Å²) in [5, 5.41) is 0. The van der Waals surface area contributed by atoms with E-state index in [4.69, 9.17) is 0 Å². The number of rotatable bonds is 3. The van der Waals surface area contributed by atoms with Gasteiger partial charge in [0.1, 0.15) is 0 Å². The van der Waals surface area contributed by atoms with Crippen molar-refractivity contribution >= 4 is 17.4 Å². The molecule has 0 saturated carbocycles. The molecule has 1 aromatic rings. The summed E-state index contributed by atoms with van der Waals surface area (Å²) in [6.07, 6.45) is 0. The highest BCUT2D eigenvalue weighted by atomic mass is 32.2. The van der Waals surface area contributed by atoms with E-state index in [1.807, 2.05) is 11.8 Å². The molecule has 0 atom stereocenters. The van der Waals surface area contributed by atoms with Crippen LogP contribution in [-0.4, -0.2) is 44.4 Å². The fraction of sp³-hybridized carbons (Fsp3) is 0.500. The molecule has 0 spiro atoms. The largest absolute Gasteiger partial charge is 0.369 e. The molecule has 1 aromatic carbocycles. The zero-order chi connectivity index (χ0) is 10.7. The van der Waals surface area contributed by atoms with Gasteiger partial charge in [-0.25, -0.2) is 0 Å². The van der Waals surface area contributed by atoms with Crippen LogP contribution in [0.2, 0.25) is 0 Å². The lowest BCUT2D eigenvalue weighted by atomic mass is 10.2. The van der Waals surface area contributed by atoms with E-state index in [1.165, 1.54) is 22.9 Å². The van der Waals surface area contributed by atoms with E-state index in [-0.39, 0.29) is 0 Å². The average molecular weight is 222 g/mol. The third-order valence-electron chi connectivity index (χ3n) is 2.64. The summed E-state index contributed by atoms with van der Waals surface area (Å²) < 4.78 is 0. The second-order valence-corrected chi connectivity index (χ2v) is 5.24. The van der Waals surface area contributed by atoms with Gasteiger partial charge >= 0.3 is 0 Å². The lowest BCUT2D eigenvalue weighted by molar-refractivity contribution is 0.413. The molecule has 0 amide bonds. The second kappa shape index (κ2) is 4.90. The first-order valence-corrected chi connectivity index (χ1v) is 6.37. The molecule has 1 aliphatic heterocycles. The second-order valence-electron chi connectivity index (χ2n) is 4.11. The molecule has 0 bridgehead atoms. The number of thioether (sulfide) groups is 1. The van der Waals surface area contributed by atoms with Gasteiger partial charge in [0.25, 0.3) is 0 Å². The van der Waals surface area contributed by atoms with E-state index >= 15 is 0 Å². The third kappa shape index (κ3) is 2.67. The maximum atomic E-state index is 2.49. The molecule has 2 rings (SSSR count). The van der Waals surface area contributed by atoms with Crippen molar-refractivity contribution in [2.75, 3.05) is 44.4 Å². The molecule has 1 heterocycles. The highest BCUT2D eigenvalue weighted by Crippen LogP contribution is 2.33. The summed E-state index contributed by atoms with van der Waals surface area (Å²) >= 11 is 1.97. The number of fused-ring (bicyclic) bond motifs is 1. The number of benzene rings is 1. The molecule has 0 radical (unpaired) electrons. The van der Waals surface area contributed by atoms with Gasteiger partial charge < -0.3 is 9.80 Å². The Kier molecular flexibility index (Phi) is 3.54. The Morgan fingerprint density at radius 1 is 1.33 bits per heavy atom. The first-order chi connectivity index (χ1) is 7.27. The van der Waals surface area contributed by atoms with Crippen LogP contribution in [-0.2, 0) is 0 Å². The highest BCUT2D eigenvalue weighted by Gasteiger charge is 2.15. The van der Waals surface area contributed by atoms with Crippen LogP contribution in [0.15, 0.2) is 29.2 Å². The molecular weight excluding hydrogens is 204 g/mol. The standard InChI is InChI=1S/C12H18N2S/c1-13(2)7-8-14-9-10-15-12-6-4-3-5-11(12)14/h3-6H,7-10H2,1-2H3. The molecular formula is C12H18N2S. The maximum Gasteiger partial charge on any atom is 0.0505 e. The minimum atomic E-state index is 1.12. The molecule has 0 aromatic heterocycles. The predicted octanol–water partition coefficient (Wildman–Crippen LogP) is 2.16. The zero-order valence-corrected chi connectivity index (χ0v) is 10.3. The zero-order valence-electron chi connectivity index (χ0n) is 9.44. The van der Waals surface area contributed by atoms with E-state index < -0.39 is 0 Å². The molecule has 0 unspecified atom stereocenters. The van der Waals surface area contributed by atoms with Crippen LogP contribution in [0, 0.1) is 0 Å². The lowest BCUT2D eigenvalue weighted by Gasteiger charge is -2.31. The highest BCUT2D eigenvalue weighted by molar-refractivity contribution is 7.99. The number of likely N-dealkylation sites (N-methyl/N-ethyl adjacent to an activating group) is 1. The van der Waals surface area contributed by atoms with Gasteiger partial charge in [0.2, 0.25) is 0 Å². The summed E-state index contributed by atoms with van der Waals surface area (Å²) in [6, 6.07) is 8.72. The van der Waals surface area contributed by atoms with Crippen molar-refractivity contribution in [2.45, 2.75) is 4.90 Å². The van der Waals surface area contributed by atoms with Crippen LogP contribution in [0.5, 0.6) is 0 Å². The lowest BCUT2D eigenvalue weighted by Crippen LogP contribution is -2.35. The van der Waals surface area contributed by atoms with Crippen molar-refractivity contribution in [1.82, 2.24) is 4.90 Å². The number of nitrogens with zero attached hydrogens (tertiary/aromatic N) is 2. The number of para-hydroxylation sites is 1. The fourth-order valence-electron chi connectivity index (χ4n) is 1.78. The van der Waals surface area contributed by atoms with E-state index in [0.717, 1.165) is 13.1 Å². The van der Waals surface area contributed by atoms with Crippen molar-refractivity contribution in [3.8, 4) is 0 Å². The molecule has 82 valence electrons. The fourth-order valence-corrected chi connectivity index (χ4v) is 2.83. The van der Waals surface area contributed by atoms with E-state index in [1.54, 1.807) is 0 Å². The van der Waals surface area contributed by atoms with Crippen LogP contribution in [0.3, 0.4) is 0 Å². The van der Waals surface area contributed by atoms with Crippen molar-refractivity contribution < 1.29 is 0 Å².